The summed E-state index contributed by atoms with van der Waals surface area (Å²) < 4.78 is 0. The molecular weight excluding hydrogens is 120 g/mol. The maximum absolute atomic E-state index is 4.92. The molecule has 0 aliphatic carbocycles. The van der Waals surface area contributed by atoms with Gasteiger partial charge in [0.25, 0.3) is 0 Å². The maximum Gasteiger partial charge on any atom is 0.0893 e. The van der Waals surface area contributed by atoms with E-state index in [-0.39, 0.29) is 0 Å². The van der Waals surface area contributed by atoms with Crippen LogP contribution in [0.4, 0.5) is 0 Å². The molecule has 0 bridgehead atoms. The molecule has 0 saturated carbocycles. The summed E-state index contributed by atoms with van der Waals surface area (Å²) in [4.78, 5) is 0.947. The van der Waals surface area contributed by atoms with Crippen molar-refractivity contribution in [1.29, 1.82) is 0 Å². The summed E-state index contributed by atoms with van der Waals surface area (Å²) in [7, 11) is 0. The third kappa shape index (κ3) is 1.76. The average Bonchev–Trinajstić information content (AvgIpc) is 1.94. The molecule has 0 spiro atoms. The van der Waals surface area contributed by atoms with E-state index in [1.165, 1.54) is 6.42 Å². The van der Waals surface area contributed by atoms with E-state index in [1.54, 1.807) is 0 Å². The number of nitrogens with one attached hydrogen (secondary N) is 2. The van der Waals surface area contributed by atoms with Gasteiger partial charge in [0.2, 0.25) is 0 Å². The first kappa shape index (κ1) is 5.98. The Balaban J connectivity index is 2.27. The van der Waals surface area contributed by atoms with Gasteiger partial charge in [0.1, 0.15) is 0 Å². The monoisotopic (exact) mass is 130 g/mol. The van der Waals surface area contributed by atoms with E-state index >= 15 is 0 Å². The SMILES string of the molecule is S=C1CNCCCN1. The molecule has 2 nitrogen and oxygen atoms in total. The maximum atomic E-state index is 4.92. The topological polar surface area (TPSA) is 24.1 Å². The fourth-order valence-corrected chi connectivity index (χ4v) is 0.910. The van der Waals surface area contributed by atoms with Gasteiger partial charge in [-0.05, 0) is 13.0 Å². The molecule has 0 atom stereocenters. The summed E-state index contributed by atoms with van der Waals surface area (Å²) in [6, 6.07) is 0. The van der Waals surface area contributed by atoms with Gasteiger partial charge in [0.15, 0.2) is 0 Å². The van der Waals surface area contributed by atoms with E-state index in [1.807, 2.05) is 0 Å². The Bertz CT molecular complexity index is 82.4. The van der Waals surface area contributed by atoms with Crippen molar-refractivity contribution in [1.82, 2.24) is 10.6 Å². The average molecular weight is 130 g/mol. The van der Waals surface area contributed by atoms with Gasteiger partial charge in [0, 0.05) is 13.1 Å². The summed E-state index contributed by atoms with van der Waals surface area (Å²) in [6.07, 6.45) is 1.18. The van der Waals surface area contributed by atoms with Crippen LogP contribution in [-0.2, 0) is 0 Å². The quantitative estimate of drug-likeness (QED) is 0.448. The van der Waals surface area contributed by atoms with Gasteiger partial charge in [-0.1, -0.05) is 12.2 Å². The normalized spacial score (nSPS) is 21.8. The first-order valence-electron chi connectivity index (χ1n) is 2.87. The second kappa shape index (κ2) is 2.99. The van der Waals surface area contributed by atoms with Crippen LogP contribution in [0.15, 0.2) is 0 Å². The molecule has 8 heavy (non-hydrogen) atoms. The Morgan fingerprint density at radius 3 is 3.12 bits per heavy atom. The lowest BCUT2D eigenvalue weighted by Gasteiger charge is -1.97. The lowest BCUT2D eigenvalue weighted by atomic mass is 10.4. The highest BCUT2D eigenvalue weighted by molar-refractivity contribution is 7.80. The standard InChI is InChI=1S/C5H10N2S/c8-5-4-6-2-1-3-7-5/h6H,1-4H2,(H,7,8). The van der Waals surface area contributed by atoms with Crippen molar-refractivity contribution in [3.8, 4) is 0 Å². The fourth-order valence-electron chi connectivity index (χ4n) is 0.706. The van der Waals surface area contributed by atoms with Crippen molar-refractivity contribution >= 4 is 17.2 Å². The molecule has 1 saturated heterocycles. The number of hydrogen-bond donors (Lipinski definition) is 2. The van der Waals surface area contributed by atoms with Gasteiger partial charge in [-0.3, -0.25) is 0 Å². The van der Waals surface area contributed by atoms with E-state index in [0.29, 0.717) is 0 Å². The van der Waals surface area contributed by atoms with E-state index < -0.39 is 0 Å². The first-order valence-corrected chi connectivity index (χ1v) is 3.28. The van der Waals surface area contributed by atoms with Crippen molar-refractivity contribution in [2.45, 2.75) is 6.42 Å². The zero-order valence-electron chi connectivity index (χ0n) is 4.74. The molecule has 2 N–H and O–H groups in total. The molecule has 1 rings (SSSR count). The van der Waals surface area contributed by atoms with Crippen LogP contribution in [0, 0.1) is 0 Å². The Morgan fingerprint density at radius 1 is 1.38 bits per heavy atom. The van der Waals surface area contributed by atoms with Gasteiger partial charge in [-0.2, -0.15) is 0 Å². The van der Waals surface area contributed by atoms with Gasteiger partial charge in [-0.25, -0.2) is 0 Å². The van der Waals surface area contributed by atoms with Gasteiger partial charge >= 0.3 is 0 Å². The van der Waals surface area contributed by atoms with Crippen molar-refractivity contribution in [3.63, 3.8) is 0 Å². The highest BCUT2D eigenvalue weighted by Gasteiger charge is 1.98. The molecule has 0 aromatic heterocycles. The minimum absolute atomic E-state index is 0.856. The summed E-state index contributed by atoms with van der Waals surface area (Å²) >= 11 is 4.92. The van der Waals surface area contributed by atoms with Crippen molar-refractivity contribution in [3.05, 3.63) is 0 Å². The van der Waals surface area contributed by atoms with Crippen LogP contribution in [0.5, 0.6) is 0 Å². The molecule has 46 valence electrons. The molecule has 1 aliphatic rings. The van der Waals surface area contributed by atoms with E-state index in [4.69, 9.17) is 12.2 Å². The predicted octanol–water partition coefficient (Wildman–Crippen LogP) is -0.103. The first-order chi connectivity index (χ1) is 3.89. The molecule has 0 aromatic carbocycles. The third-order valence-corrected chi connectivity index (χ3v) is 1.43. The molecule has 0 unspecified atom stereocenters. The Labute approximate surface area is 54.7 Å². The molecule has 0 radical (unpaired) electrons. The highest BCUT2D eigenvalue weighted by atomic mass is 32.1. The number of rotatable bonds is 0. The molecular formula is C5H10N2S. The van der Waals surface area contributed by atoms with Crippen LogP contribution in [0.3, 0.4) is 0 Å². The second-order valence-electron chi connectivity index (χ2n) is 1.88. The molecule has 0 aromatic rings. The van der Waals surface area contributed by atoms with Gasteiger partial charge in [-0.15, -0.1) is 0 Å². The molecule has 0 amide bonds. The zero-order valence-corrected chi connectivity index (χ0v) is 5.55. The molecule has 3 heteroatoms. The van der Waals surface area contributed by atoms with Crippen molar-refractivity contribution in [2.24, 2.45) is 0 Å². The summed E-state index contributed by atoms with van der Waals surface area (Å²) in [5.74, 6) is 0. The third-order valence-electron chi connectivity index (χ3n) is 1.14. The predicted molar refractivity (Wildman–Crippen MR) is 38.1 cm³/mol. The lowest BCUT2D eigenvalue weighted by molar-refractivity contribution is 0.728. The number of hydrogen-bond acceptors (Lipinski definition) is 2. The van der Waals surface area contributed by atoms with Crippen LogP contribution in [0.2, 0.25) is 0 Å². The van der Waals surface area contributed by atoms with Crippen LogP contribution in [-0.4, -0.2) is 24.6 Å². The number of thiocarbonyl (C=S) groups is 1. The minimum Gasteiger partial charge on any atom is -0.379 e. The van der Waals surface area contributed by atoms with E-state index in [9.17, 15) is 0 Å². The van der Waals surface area contributed by atoms with Gasteiger partial charge < -0.3 is 10.6 Å². The van der Waals surface area contributed by atoms with Crippen molar-refractivity contribution in [2.75, 3.05) is 19.6 Å². The summed E-state index contributed by atoms with van der Waals surface area (Å²) in [5, 5.41) is 6.31. The zero-order chi connectivity index (χ0) is 5.82. The summed E-state index contributed by atoms with van der Waals surface area (Å²) in [5.41, 5.74) is 0. The van der Waals surface area contributed by atoms with Crippen molar-refractivity contribution < 1.29 is 0 Å². The molecule has 1 fully saturated rings. The largest absolute Gasteiger partial charge is 0.379 e. The van der Waals surface area contributed by atoms with E-state index in [0.717, 1.165) is 24.6 Å². The second-order valence-corrected chi connectivity index (χ2v) is 2.37. The highest BCUT2D eigenvalue weighted by Crippen LogP contribution is 1.80. The van der Waals surface area contributed by atoms with Crippen LogP contribution in [0.25, 0.3) is 0 Å². The van der Waals surface area contributed by atoms with Crippen LogP contribution >= 0.6 is 12.2 Å². The fraction of sp³-hybridized carbons (Fsp3) is 0.800. The Morgan fingerprint density at radius 2 is 2.25 bits per heavy atom. The molecule has 1 aliphatic heterocycles. The van der Waals surface area contributed by atoms with Crippen LogP contribution < -0.4 is 10.6 Å². The Kier molecular flexibility index (Phi) is 2.24. The van der Waals surface area contributed by atoms with Gasteiger partial charge in [0.05, 0.1) is 4.99 Å². The smallest absolute Gasteiger partial charge is 0.0893 e. The lowest BCUT2D eigenvalue weighted by Crippen LogP contribution is -2.27. The minimum atomic E-state index is 0.856. The summed E-state index contributed by atoms with van der Waals surface area (Å²) in [6.45, 7) is 2.98. The van der Waals surface area contributed by atoms with Crippen LogP contribution in [0.1, 0.15) is 6.42 Å². The molecule has 1 heterocycles. The van der Waals surface area contributed by atoms with E-state index in [2.05, 4.69) is 10.6 Å². The Hall–Kier alpha value is -0.150.